The van der Waals surface area contributed by atoms with E-state index in [2.05, 4.69) is 12.2 Å². The minimum Gasteiger partial charge on any atom is -0.460 e. The van der Waals surface area contributed by atoms with Gasteiger partial charge >= 0.3 is 6.03 Å². The first-order chi connectivity index (χ1) is 14.9. The third kappa shape index (κ3) is 3.57. The molecule has 2 aromatic carbocycles. The Bertz CT molecular complexity index is 1020. The first-order valence-corrected chi connectivity index (χ1v) is 10.7. The summed E-state index contributed by atoms with van der Waals surface area (Å²) in [7, 11) is 0. The first-order valence-electron chi connectivity index (χ1n) is 10.7. The van der Waals surface area contributed by atoms with Gasteiger partial charge in [-0.1, -0.05) is 37.3 Å². The molecular formula is C24H25FN2O4. The van der Waals surface area contributed by atoms with Crippen molar-refractivity contribution in [2.45, 2.75) is 57.6 Å². The van der Waals surface area contributed by atoms with Gasteiger partial charge in [0.15, 0.2) is 0 Å². The minimum atomic E-state index is -0.826. The Morgan fingerprint density at radius 2 is 1.90 bits per heavy atom. The van der Waals surface area contributed by atoms with E-state index in [4.69, 9.17) is 9.47 Å². The van der Waals surface area contributed by atoms with Crippen molar-refractivity contribution in [3.63, 3.8) is 0 Å². The van der Waals surface area contributed by atoms with E-state index in [1.807, 2.05) is 30.3 Å². The Labute approximate surface area is 180 Å². The van der Waals surface area contributed by atoms with Gasteiger partial charge < -0.3 is 14.8 Å². The molecule has 1 N–H and O–H groups in total. The number of rotatable bonds is 3. The van der Waals surface area contributed by atoms with Gasteiger partial charge in [0.1, 0.15) is 17.1 Å². The van der Waals surface area contributed by atoms with E-state index in [0.717, 1.165) is 18.4 Å². The van der Waals surface area contributed by atoms with Crippen LogP contribution in [0.5, 0.6) is 5.75 Å². The molecule has 1 aliphatic carbocycles. The number of amides is 3. The van der Waals surface area contributed by atoms with E-state index in [1.54, 1.807) is 0 Å². The summed E-state index contributed by atoms with van der Waals surface area (Å²) >= 11 is 0. The lowest BCUT2D eigenvalue weighted by Crippen LogP contribution is -2.49. The highest BCUT2D eigenvalue weighted by Crippen LogP contribution is 2.40. The zero-order chi connectivity index (χ0) is 21.6. The number of hydrogen-bond acceptors (Lipinski definition) is 4. The van der Waals surface area contributed by atoms with Crippen molar-refractivity contribution in [2.24, 2.45) is 5.92 Å². The van der Waals surface area contributed by atoms with E-state index in [1.165, 1.54) is 17.0 Å². The highest BCUT2D eigenvalue weighted by molar-refractivity contribution is 6.07. The van der Waals surface area contributed by atoms with Crippen LogP contribution in [-0.2, 0) is 22.7 Å². The fourth-order valence-corrected chi connectivity index (χ4v) is 4.75. The summed E-state index contributed by atoms with van der Waals surface area (Å²) in [5.74, 6) is 0.338. The number of halogens is 1. The molecular weight excluding hydrogens is 399 g/mol. The molecule has 1 spiro atoms. The van der Waals surface area contributed by atoms with Gasteiger partial charge in [-0.25, -0.2) is 9.18 Å². The summed E-state index contributed by atoms with van der Waals surface area (Å²) in [6, 6.07) is 11.7. The van der Waals surface area contributed by atoms with Crippen LogP contribution in [0, 0.1) is 11.7 Å². The van der Waals surface area contributed by atoms with E-state index >= 15 is 0 Å². The van der Waals surface area contributed by atoms with Crippen LogP contribution in [0.3, 0.4) is 0 Å². The molecule has 2 aliphatic heterocycles. The fourth-order valence-electron chi connectivity index (χ4n) is 4.75. The second-order valence-electron chi connectivity index (χ2n) is 8.81. The Morgan fingerprint density at radius 1 is 1.16 bits per heavy atom. The van der Waals surface area contributed by atoms with Crippen molar-refractivity contribution in [3.8, 4) is 5.75 Å². The van der Waals surface area contributed by atoms with Gasteiger partial charge in [0.2, 0.25) is 6.29 Å². The molecule has 31 heavy (non-hydrogen) atoms. The molecule has 0 aromatic heterocycles. The van der Waals surface area contributed by atoms with Crippen LogP contribution in [-0.4, -0.2) is 22.4 Å². The zero-order valence-corrected chi connectivity index (χ0v) is 17.4. The van der Waals surface area contributed by atoms with Gasteiger partial charge in [0.25, 0.3) is 5.91 Å². The number of ether oxygens (including phenoxy) is 2. The van der Waals surface area contributed by atoms with Crippen LogP contribution < -0.4 is 10.1 Å². The van der Waals surface area contributed by atoms with Crippen molar-refractivity contribution >= 4 is 11.9 Å². The number of urea groups is 1. The fraction of sp³-hybridized carbons (Fsp3) is 0.417. The summed E-state index contributed by atoms with van der Waals surface area (Å²) in [6.07, 6.45) is 2.43. The molecule has 1 atom stereocenters. The molecule has 1 saturated heterocycles. The second kappa shape index (κ2) is 7.64. The van der Waals surface area contributed by atoms with Crippen LogP contribution in [0.25, 0.3) is 0 Å². The van der Waals surface area contributed by atoms with Crippen LogP contribution in [0.2, 0.25) is 0 Å². The highest BCUT2D eigenvalue weighted by Gasteiger charge is 2.52. The van der Waals surface area contributed by atoms with Crippen molar-refractivity contribution in [3.05, 3.63) is 65.0 Å². The Hall–Kier alpha value is -2.93. The van der Waals surface area contributed by atoms with Gasteiger partial charge in [-0.2, -0.15) is 0 Å². The second-order valence-corrected chi connectivity index (χ2v) is 8.81. The number of carbonyl (C=O) groups is 2. The monoisotopic (exact) mass is 424 g/mol. The quantitative estimate of drug-likeness (QED) is 0.740. The molecule has 7 heteroatoms. The smallest absolute Gasteiger partial charge is 0.325 e. The molecule has 0 radical (unpaired) electrons. The summed E-state index contributed by atoms with van der Waals surface area (Å²) in [6.45, 7) is 2.30. The minimum absolute atomic E-state index is 0.0381. The molecule has 162 valence electrons. The maximum atomic E-state index is 14.3. The van der Waals surface area contributed by atoms with Gasteiger partial charge in [0, 0.05) is 16.7 Å². The summed E-state index contributed by atoms with van der Waals surface area (Å²) < 4.78 is 26.2. The lowest BCUT2D eigenvalue weighted by molar-refractivity contribution is -0.133. The molecule has 0 bridgehead atoms. The predicted octanol–water partition coefficient (Wildman–Crippen LogP) is 4.43. The summed E-state index contributed by atoms with van der Waals surface area (Å²) in [4.78, 5) is 27.1. The van der Waals surface area contributed by atoms with Gasteiger partial charge in [-0.3, -0.25) is 9.69 Å². The molecule has 1 unspecified atom stereocenters. The SMILES string of the molecule is CC1CCC2(CC1)NC(=O)N(Cc1cc(F)cc3c1OC(c1ccccc1)OC3)C2=O. The van der Waals surface area contributed by atoms with Crippen molar-refractivity contribution in [1.29, 1.82) is 0 Å². The van der Waals surface area contributed by atoms with E-state index in [0.29, 0.717) is 35.6 Å². The molecule has 2 heterocycles. The molecule has 2 fully saturated rings. The lowest BCUT2D eigenvalue weighted by Gasteiger charge is -2.33. The largest absolute Gasteiger partial charge is 0.460 e. The zero-order valence-electron chi connectivity index (χ0n) is 17.4. The normalized spacial score (nSPS) is 27.7. The van der Waals surface area contributed by atoms with Gasteiger partial charge in [-0.05, 0) is 43.7 Å². The van der Waals surface area contributed by atoms with Crippen molar-refractivity contribution < 1.29 is 23.5 Å². The van der Waals surface area contributed by atoms with Crippen molar-refractivity contribution in [1.82, 2.24) is 10.2 Å². The van der Waals surface area contributed by atoms with E-state index < -0.39 is 23.7 Å². The number of carbonyl (C=O) groups excluding carboxylic acids is 2. The Balaban J connectivity index is 1.42. The molecule has 6 nitrogen and oxygen atoms in total. The van der Waals surface area contributed by atoms with E-state index in [-0.39, 0.29) is 19.1 Å². The standard InChI is InChI=1S/C24H25FN2O4/c1-15-7-9-24(10-8-15)22(28)27(23(29)26-24)13-17-11-19(25)12-18-14-30-21(31-20(17)18)16-5-3-2-4-6-16/h2-6,11-12,15,21H,7-10,13-14H2,1H3,(H,26,29). The lowest BCUT2D eigenvalue weighted by atomic mass is 9.77. The average molecular weight is 424 g/mol. The molecule has 1 saturated carbocycles. The maximum Gasteiger partial charge on any atom is 0.325 e. The molecule has 3 aliphatic rings. The summed E-state index contributed by atoms with van der Waals surface area (Å²) in [5.41, 5.74) is 1.04. The third-order valence-corrected chi connectivity index (χ3v) is 6.60. The molecule has 5 rings (SSSR count). The summed E-state index contributed by atoms with van der Waals surface area (Å²) in [5, 5.41) is 2.92. The van der Waals surface area contributed by atoms with Gasteiger partial charge in [0.05, 0.1) is 13.2 Å². The number of benzene rings is 2. The Morgan fingerprint density at radius 3 is 2.65 bits per heavy atom. The van der Waals surface area contributed by atoms with Crippen LogP contribution in [0.1, 0.15) is 55.6 Å². The third-order valence-electron chi connectivity index (χ3n) is 6.60. The Kier molecular flexibility index (Phi) is 4.93. The van der Waals surface area contributed by atoms with Crippen LogP contribution >= 0.6 is 0 Å². The number of imide groups is 1. The highest BCUT2D eigenvalue weighted by atomic mass is 19.1. The predicted molar refractivity (Wildman–Crippen MR) is 110 cm³/mol. The maximum absolute atomic E-state index is 14.3. The van der Waals surface area contributed by atoms with Crippen LogP contribution in [0.15, 0.2) is 42.5 Å². The van der Waals surface area contributed by atoms with Gasteiger partial charge in [-0.15, -0.1) is 0 Å². The van der Waals surface area contributed by atoms with Crippen molar-refractivity contribution in [2.75, 3.05) is 0 Å². The molecule has 2 aromatic rings. The first kappa shape index (κ1) is 20.0. The topological polar surface area (TPSA) is 67.9 Å². The number of nitrogens with one attached hydrogen (secondary N) is 1. The van der Waals surface area contributed by atoms with E-state index in [9.17, 15) is 14.0 Å². The number of nitrogens with zero attached hydrogens (tertiary/aromatic N) is 1. The number of hydrogen-bond donors (Lipinski definition) is 1. The van der Waals surface area contributed by atoms with Crippen LogP contribution in [0.4, 0.5) is 9.18 Å². The number of fused-ring (bicyclic) bond motifs is 1. The molecule has 3 amide bonds. The average Bonchev–Trinajstić information content (AvgIpc) is 3.00.